The normalized spacial score (nSPS) is 13.8. The van der Waals surface area contributed by atoms with E-state index in [-0.39, 0.29) is 5.57 Å². The summed E-state index contributed by atoms with van der Waals surface area (Å²) in [7, 11) is 0. The molecular weight excluding hydrogens is 418 g/mol. The van der Waals surface area contributed by atoms with E-state index in [0.717, 1.165) is 33.9 Å². The molecule has 0 spiro atoms. The number of nitrogens with one attached hydrogen (secondary N) is 2. The molecule has 1 fully saturated rings. The highest BCUT2D eigenvalue weighted by Crippen LogP contribution is 2.31. The predicted octanol–water partition coefficient (Wildman–Crippen LogP) is 4.93. The first-order valence-electron chi connectivity index (χ1n) is 8.83. The predicted molar refractivity (Wildman–Crippen MR) is 112 cm³/mol. The van der Waals surface area contributed by atoms with Crippen LogP contribution in [-0.4, -0.2) is 15.9 Å². The number of rotatable bonds is 5. The van der Waals surface area contributed by atoms with E-state index in [1.165, 1.54) is 6.33 Å². The minimum Gasteiger partial charge on any atom is -0.340 e. The number of halogens is 1. The summed E-state index contributed by atoms with van der Waals surface area (Å²) in [5.74, 6) is 0.590. The van der Waals surface area contributed by atoms with Crippen molar-refractivity contribution in [3.05, 3.63) is 64.9 Å². The molecule has 1 aliphatic carbocycles. The van der Waals surface area contributed by atoms with Crippen molar-refractivity contribution in [2.45, 2.75) is 12.8 Å². The fraction of sp³-hybridized carbons (Fsp3) is 0.143. The molecule has 3 aromatic rings. The van der Waals surface area contributed by atoms with Crippen molar-refractivity contribution in [3.8, 4) is 6.07 Å². The van der Waals surface area contributed by atoms with E-state index in [2.05, 4.69) is 36.5 Å². The van der Waals surface area contributed by atoms with Crippen molar-refractivity contribution in [3.63, 3.8) is 0 Å². The summed E-state index contributed by atoms with van der Waals surface area (Å²) in [4.78, 5) is 21.0. The molecule has 1 aromatic heterocycles. The molecule has 1 saturated carbocycles. The summed E-state index contributed by atoms with van der Waals surface area (Å²) in [6.45, 7) is 0. The molecule has 1 amide bonds. The SMILES string of the molecule is N#C/C(=C\C1CC1)C(=O)Nc1ccc2ncnc(Nc3cccc(Br)c3)c2c1. The maximum Gasteiger partial charge on any atom is 0.265 e. The van der Waals surface area contributed by atoms with Crippen LogP contribution >= 0.6 is 15.9 Å². The standard InChI is InChI=1S/C21H16BrN5O/c22-15-2-1-3-16(9-15)26-20-18-10-17(6-7-19(18)24-12-25-20)27-21(28)14(11-23)8-13-4-5-13/h1-3,6-10,12-13H,4-5H2,(H,27,28)(H,24,25,26)/b14-8+. The van der Waals surface area contributed by atoms with Crippen LogP contribution in [0.3, 0.4) is 0 Å². The van der Waals surface area contributed by atoms with Crippen molar-refractivity contribution in [2.24, 2.45) is 5.92 Å². The molecule has 2 N–H and O–H groups in total. The maximum atomic E-state index is 12.4. The number of amides is 1. The van der Waals surface area contributed by atoms with Gasteiger partial charge in [0.1, 0.15) is 23.8 Å². The van der Waals surface area contributed by atoms with E-state index in [9.17, 15) is 10.1 Å². The highest BCUT2D eigenvalue weighted by Gasteiger charge is 2.21. The first-order chi connectivity index (χ1) is 13.6. The molecule has 0 aliphatic heterocycles. The number of benzene rings is 2. The van der Waals surface area contributed by atoms with Gasteiger partial charge in [-0.3, -0.25) is 4.79 Å². The highest BCUT2D eigenvalue weighted by molar-refractivity contribution is 9.10. The van der Waals surface area contributed by atoms with Gasteiger partial charge in [0.2, 0.25) is 0 Å². The number of carbonyl (C=O) groups excluding carboxylic acids is 1. The summed E-state index contributed by atoms with van der Waals surface area (Å²) < 4.78 is 0.954. The van der Waals surface area contributed by atoms with Crippen LogP contribution < -0.4 is 10.6 Å². The van der Waals surface area contributed by atoms with E-state index < -0.39 is 5.91 Å². The number of carbonyl (C=O) groups is 1. The van der Waals surface area contributed by atoms with Gasteiger partial charge in [0.15, 0.2) is 0 Å². The molecule has 0 atom stereocenters. The van der Waals surface area contributed by atoms with E-state index in [0.29, 0.717) is 17.4 Å². The zero-order valence-corrected chi connectivity index (χ0v) is 16.4. The molecule has 28 heavy (non-hydrogen) atoms. The Bertz CT molecular complexity index is 1130. The Balaban J connectivity index is 1.62. The molecule has 0 bridgehead atoms. The van der Waals surface area contributed by atoms with Gasteiger partial charge in [-0.25, -0.2) is 9.97 Å². The van der Waals surface area contributed by atoms with E-state index >= 15 is 0 Å². The van der Waals surface area contributed by atoms with Crippen LogP contribution in [0.15, 0.2) is 64.9 Å². The molecular formula is C21H16BrN5O. The molecule has 1 heterocycles. The molecule has 1 aliphatic rings. The monoisotopic (exact) mass is 433 g/mol. The highest BCUT2D eigenvalue weighted by atomic mass is 79.9. The van der Waals surface area contributed by atoms with E-state index in [1.807, 2.05) is 36.4 Å². The second-order valence-corrected chi connectivity index (χ2v) is 7.49. The minimum absolute atomic E-state index is 0.152. The van der Waals surface area contributed by atoms with Crippen molar-refractivity contribution < 1.29 is 4.79 Å². The lowest BCUT2D eigenvalue weighted by Crippen LogP contribution is -2.13. The molecule has 138 valence electrons. The smallest absolute Gasteiger partial charge is 0.265 e. The fourth-order valence-electron chi connectivity index (χ4n) is 2.80. The Morgan fingerprint density at radius 2 is 2.04 bits per heavy atom. The Kier molecular flexibility index (Phi) is 5.04. The third-order valence-electron chi connectivity index (χ3n) is 4.37. The topological polar surface area (TPSA) is 90.7 Å². The second-order valence-electron chi connectivity index (χ2n) is 6.57. The number of aromatic nitrogens is 2. The van der Waals surface area contributed by atoms with Gasteiger partial charge in [-0.05, 0) is 55.2 Å². The largest absolute Gasteiger partial charge is 0.340 e. The van der Waals surface area contributed by atoms with E-state index in [1.54, 1.807) is 18.2 Å². The van der Waals surface area contributed by atoms with Gasteiger partial charge >= 0.3 is 0 Å². The third kappa shape index (κ3) is 4.18. The number of allylic oxidation sites excluding steroid dienone is 1. The van der Waals surface area contributed by atoms with Gasteiger partial charge in [0.05, 0.1) is 5.52 Å². The van der Waals surface area contributed by atoms with E-state index in [4.69, 9.17) is 0 Å². The van der Waals surface area contributed by atoms with Crippen molar-refractivity contribution >= 4 is 49.9 Å². The summed E-state index contributed by atoms with van der Waals surface area (Å²) in [5, 5.41) is 16.1. The summed E-state index contributed by atoms with van der Waals surface area (Å²) in [6.07, 6.45) is 5.32. The first-order valence-corrected chi connectivity index (χ1v) is 9.62. The number of nitriles is 1. The number of fused-ring (bicyclic) bond motifs is 1. The zero-order chi connectivity index (χ0) is 19.5. The minimum atomic E-state index is -0.396. The summed E-state index contributed by atoms with van der Waals surface area (Å²) >= 11 is 3.45. The average Bonchev–Trinajstić information content (AvgIpc) is 3.51. The summed E-state index contributed by atoms with van der Waals surface area (Å²) in [5.41, 5.74) is 2.36. The van der Waals surface area contributed by atoms with Gasteiger partial charge in [0.25, 0.3) is 5.91 Å². The number of nitrogens with zero attached hydrogens (tertiary/aromatic N) is 3. The Hall–Kier alpha value is -3.24. The Morgan fingerprint density at radius 1 is 1.18 bits per heavy atom. The van der Waals surface area contributed by atoms with Crippen LogP contribution in [0, 0.1) is 17.2 Å². The van der Waals surface area contributed by atoms with Crippen LogP contribution in [0.2, 0.25) is 0 Å². The fourth-order valence-corrected chi connectivity index (χ4v) is 3.20. The number of hydrogen-bond acceptors (Lipinski definition) is 5. The molecule has 0 radical (unpaired) electrons. The lowest BCUT2D eigenvalue weighted by molar-refractivity contribution is -0.112. The molecule has 0 unspecified atom stereocenters. The van der Waals surface area contributed by atoms with Crippen LogP contribution in [-0.2, 0) is 4.79 Å². The zero-order valence-electron chi connectivity index (χ0n) is 14.8. The van der Waals surface area contributed by atoms with Gasteiger partial charge in [0, 0.05) is 21.2 Å². The quantitative estimate of drug-likeness (QED) is 0.439. The molecule has 0 saturated heterocycles. The third-order valence-corrected chi connectivity index (χ3v) is 4.86. The van der Waals surface area contributed by atoms with Gasteiger partial charge < -0.3 is 10.6 Å². The van der Waals surface area contributed by atoms with Crippen LogP contribution in [0.4, 0.5) is 17.2 Å². The molecule has 4 rings (SSSR count). The summed E-state index contributed by atoms with van der Waals surface area (Å²) in [6, 6.07) is 15.1. The maximum absolute atomic E-state index is 12.4. The van der Waals surface area contributed by atoms with Crippen LogP contribution in [0.5, 0.6) is 0 Å². The number of hydrogen-bond donors (Lipinski definition) is 2. The van der Waals surface area contributed by atoms with Crippen molar-refractivity contribution in [1.82, 2.24) is 9.97 Å². The first kappa shape index (κ1) is 18.1. The van der Waals surface area contributed by atoms with Crippen LogP contribution in [0.25, 0.3) is 10.9 Å². The molecule has 2 aromatic carbocycles. The van der Waals surface area contributed by atoms with Crippen molar-refractivity contribution in [2.75, 3.05) is 10.6 Å². The lowest BCUT2D eigenvalue weighted by atomic mass is 10.1. The Labute approximate surface area is 170 Å². The second kappa shape index (κ2) is 7.79. The van der Waals surface area contributed by atoms with Crippen molar-refractivity contribution in [1.29, 1.82) is 5.26 Å². The average molecular weight is 434 g/mol. The number of anilines is 3. The lowest BCUT2D eigenvalue weighted by Gasteiger charge is -2.10. The van der Waals surface area contributed by atoms with Gasteiger partial charge in [-0.15, -0.1) is 0 Å². The van der Waals surface area contributed by atoms with Crippen LogP contribution in [0.1, 0.15) is 12.8 Å². The Morgan fingerprint density at radius 3 is 2.79 bits per heavy atom. The van der Waals surface area contributed by atoms with Gasteiger partial charge in [-0.2, -0.15) is 5.26 Å². The van der Waals surface area contributed by atoms with Gasteiger partial charge in [-0.1, -0.05) is 28.1 Å². The molecule has 6 nitrogen and oxygen atoms in total. The molecule has 7 heteroatoms.